The van der Waals surface area contributed by atoms with E-state index in [1.54, 1.807) is 24.3 Å². The summed E-state index contributed by atoms with van der Waals surface area (Å²) in [7, 11) is 0. The van der Waals surface area contributed by atoms with Crippen molar-refractivity contribution in [2.75, 3.05) is 6.61 Å². The third-order valence-electron chi connectivity index (χ3n) is 6.57. The van der Waals surface area contributed by atoms with Crippen LogP contribution in [-0.2, 0) is 16.1 Å². The number of aromatic nitrogens is 1. The number of hydrogen-bond acceptors (Lipinski definition) is 7. The second kappa shape index (κ2) is 13.1. The lowest BCUT2D eigenvalue weighted by Gasteiger charge is -2.26. The van der Waals surface area contributed by atoms with Gasteiger partial charge in [0.15, 0.2) is 10.5 Å². The van der Waals surface area contributed by atoms with Gasteiger partial charge in [0.1, 0.15) is 12.4 Å². The van der Waals surface area contributed by atoms with Gasteiger partial charge in [-0.1, -0.05) is 70.4 Å². The summed E-state index contributed by atoms with van der Waals surface area (Å²) in [5.41, 5.74) is -1.38. The molecule has 0 saturated heterocycles. The van der Waals surface area contributed by atoms with Gasteiger partial charge in [0.2, 0.25) is 0 Å². The molecule has 14 heteroatoms. The maximum absolute atomic E-state index is 14.4. The molecule has 230 valence electrons. The highest BCUT2D eigenvalue weighted by atomic mass is 35.5. The normalized spacial score (nSPS) is 14.9. The minimum absolute atomic E-state index is 0.0269. The van der Waals surface area contributed by atoms with Crippen LogP contribution >= 0.6 is 46.1 Å². The van der Waals surface area contributed by atoms with Gasteiger partial charge in [-0.15, -0.1) is 0 Å². The molecule has 0 fully saturated rings. The molecule has 2 heterocycles. The summed E-state index contributed by atoms with van der Waals surface area (Å²) in [6, 6.07) is 15.8. The average molecular weight is 693 g/mol. The van der Waals surface area contributed by atoms with Gasteiger partial charge in [0.25, 0.3) is 5.56 Å². The first-order valence-corrected chi connectivity index (χ1v) is 15.0. The number of halogens is 6. The number of nitrogens with zero attached hydrogens (tertiary/aromatic N) is 3. The molecule has 7 nitrogen and oxygen atoms in total. The number of allylic oxidation sites excluding steroid dienone is 1. The van der Waals surface area contributed by atoms with Gasteiger partial charge in [-0.3, -0.25) is 9.36 Å². The highest BCUT2D eigenvalue weighted by Gasteiger charge is 2.45. The van der Waals surface area contributed by atoms with E-state index in [0.717, 1.165) is 10.1 Å². The maximum atomic E-state index is 14.4. The molecule has 45 heavy (non-hydrogen) atoms. The van der Waals surface area contributed by atoms with Crippen LogP contribution in [0, 0.1) is 11.3 Å². The molecule has 3 aromatic carbocycles. The quantitative estimate of drug-likeness (QED) is 0.200. The number of esters is 1. The van der Waals surface area contributed by atoms with Crippen LogP contribution in [0.4, 0.5) is 13.2 Å². The van der Waals surface area contributed by atoms with Crippen molar-refractivity contribution in [3.05, 3.63) is 129 Å². The first-order chi connectivity index (χ1) is 21.4. The van der Waals surface area contributed by atoms with Crippen LogP contribution in [0.25, 0.3) is 6.08 Å². The Bertz CT molecular complexity index is 2050. The van der Waals surface area contributed by atoms with Crippen LogP contribution in [0.5, 0.6) is 5.75 Å². The van der Waals surface area contributed by atoms with Gasteiger partial charge in [0, 0.05) is 15.6 Å². The Morgan fingerprint density at radius 1 is 1.09 bits per heavy atom. The van der Waals surface area contributed by atoms with Crippen molar-refractivity contribution in [1.29, 1.82) is 5.26 Å². The Kier molecular flexibility index (Phi) is 9.41. The molecule has 0 amide bonds. The van der Waals surface area contributed by atoms with Gasteiger partial charge in [-0.2, -0.15) is 18.4 Å². The summed E-state index contributed by atoms with van der Waals surface area (Å²) >= 11 is 19.4. The molecule has 0 N–H and O–H groups in total. The minimum Gasteiger partial charge on any atom is -0.487 e. The Hall–Kier alpha value is -4.08. The number of nitriles is 1. The lowest BCUT2D eigenvalue weighted by Crippen LogP contribution is -2.41. The monoisotopic (exact) mass is 691 g/mol. The molecule has 5 rings (SSSR count). The summed E-state index contributed by atoms with van der Waals surface area (Å²) in [5, 5.41) is 9.68. The molecule has 0 aliphatic carbocycles. The number of benzene rings is 3. The zero-order valence-corrected chi connectivity index (χ0v) is 26.1. The zero-order chi connectivity index (χ0) is 32.5. The van der Waals surface area contributed by atoms with Gasteiger partial charge >= 0.3 is 12.1 Å². The van der Waals surface area contributed by atoms with Crippen LogP contribution < -0.4 is 19.6 Å². The Balaban J connectivity index is 1.69. The van der Waals surface area contributed by atoms with E-state index in [4.69, 9.17) is 49.5 Å². The predicted molar refractivity (Wildman–Crippen MR) is 164 cm³/mol. The lowest BCUT2D eigenvalue weighted by atomic mass is 9.95. The molecule has 0 bridgehead atoms. The number of fused-ring (bicyclic) bond motifs is 1. The van der Waals surface area contributed by atoms with Crippen molar-refractivity contribution in [2.45, 2.75) is 25.7 Å². The number of alkyl halides is 3. The van der Waals surface area contributed by atoms with Crippen LogP contribution in [0.3, 0.4) is 0 Å². The summed E-state index contributed by atoms with van der Waals surface area (Å²) in [5.74, 6) is -1.10. The van der Waals surface area contributed by atoms with Gasteiger partial charge in [-0.05, 0) is 60.5 Å². The smallest absolute Gasteiger partial charge is 0.434 e. The van der Waals surface area contributed by atoms with E-state index >= 15 is 0 Å². The van der Waals surface area contributed by atoms with E-state index in [-0.39, 0.29) is 49.5 Å². The molecule has 4 aromatic rings. The van der Waals surface area contributed by atoms with Crippen LogP contribution in [-0.4, -0.2) is 23.3 Å². The molecular formula is C31H19Cl3F3N3O4S. The molecule has 1 aliphatic heterocycles. The van der Waals surface area contributed by atoms with E-state index < -0.39 is 35.0 Å². The predicted octanol–water partition coefficient (Wildman–Crippen LogP) is 6.75. The van der Waals surface area contributed by atoms with E-state index in [1.165, 1.54) is 49.4 Å². The van der Waals surface area contributed by atoms with Gasteiger partial charge < -0.3 is 9.47 Å². The molecule has 0 saturated carbocycles. The first kappa shape index (κ1) is 32.3. The second-order valence-electron chi connectivity index (χ2n) is 9.52. The third kappa shape index (κ3) is 6.79. The lowest BCUT2D eigenvalue weighted by molar-refractivity contribution is -0.140. The van der Waals surface area contributed by atoms with E-state index in [0.29, 0.717) is 21.9 Å². The van der Waals surface area contributed by atoms with Crippen molar-refractivity contribution in [3.8, 4) is 11.8 Å². The summed E-state index contributed by atoms with van der Waals surface area (Å²) in [6.07, 6.45) is -3.66. The van der Waals surface area contributed by atoms with E-state index in [2.05, 4.69) is 4.99 Å². The third-order valence-corrected chi connectivity index (χ3v) is 8.30. The minimum atomic E-state index is -5.05. The van der Waals surface area contributed by atoms with Crippen molar-refractivity contribution in [3.63, 3.8) is 0 Å². The van der Waals surface area contributed by atoms with Crippen LogP contribution in [0.2, 0.25) is 15.1 Å². The van der Waals surface area contributed by atoms with E-state index in [1.807, 2.05) is 6.07 Å². The molecule has 0 radical (unpaired) electrons. The Morgan fingerprint density at radius 3 is 2.40 bits per heavy atom. The van der Waals surface area contributed by atoms with Crippen molar-refractivity contribution >= 4 is 58.2 Å². The maximum Gasteiger partial charge on any atom is 0.434 e. The molecule has 1 atom stereocenters. The first-order valence-electron chi connectivity index (χ1n) is 13.1. The number of carbonyl (C=O) groups is 1. The average Bonchev–Trinajstić information content (AvgIpc) is 3.30. The fraction of sp³-hybridized carbons (Fsp3) is 0.161. The number of thiazole rings is 1. The Labute approximate surface area is 272 Å². The summed E-state index contributed by atoms with van der Waals surface area (Å²) in [4.78, 5) is 30.4. The molecule has 1 aliphatic rings. The number of carbonyl (C=O) groups excluding carboxylic acids is 1. The summed E-state index contributed by atoms with van der Waals surface area (Å²) in [6.45, 7) is 1.30. The zero-order valence-electron chi connectivity index (χ0n) is 23.0. The molecule has 1 aromatic heterocycles. The number of hydrogen-bond donors (Lipinski definition) is 0. The highest BCUT2D eigenvalue weighted by Crippen LogP contribution is 2.39. The fourth-order valence-corrected chi connectivity index (χ4v) is 6.29. The van der Waals surface area contributed by atoms with Crippen molar-refractivity contribution < 1.29 is 27.4 Å². The largest absolute Gasteiger partial charge is 0.487 e. The van der Waals surface area contributed by atoms with Crippen molar-refractivity contribution in [2.24, 2.45) is 4.99 Å². The van der Waals surface area contributed by atoms with Crippen LogP contribution in [0.1, 0.15) is 35.2 Å². The van der Waals surface area contributed by atoms with Crippen molar-refractivity contribution in [1.82, 2.24) is 4.57 Å². The number of ether oxygens (including phenoxy) is 2. The Morgan fingerprint density at radius 2 is 1.78 bits per heavy atom. The SMILES string of the molecule is CCOC(=O)C1=C(C(F)(F)F)N=c2s/c(=C\c3cc(Cl)cc(Cl)c3OCc3ccc(C#N)cc3)c(=O)n2[C@H]1c1ccc(Cl)cc1. The number of rotatable bonds is 7. The fourth-order valence-electron chi connectivity index (χ4n) is 4.61. The topological polar surface area (TPSA) is 93.7 Å². The standard InChI is InChI=1S/C31H19Cl3F3N3O4S/c1-2-43-29(42)24-25(18-7-9-20(32)10-8-18)40-28(41)23(45-30(40)39-27(24)31(35,36)37)12-19-11-21(33)13-22(34)26(19)44-15-17-5-3-16(14-38)4-6-17/h3-13,25H,2,15H2,1H3/b23-12-/t25-/m0/s1. The molecular weight excluding hydrogens is 674 g/mol. The van der Waals surface area contributed by atoms with Gasteiger partial charge in [-0.25, -0.2) is 9.79 Å². The van der Waals surface area contributed by atoms with E-state index in [9.17, 15) is 22.8 Å². The summed E-state index contributed by atoms with van der Waals surface area (Å²) < 4.78 is 55.1. The highest BCUT2D eigenvalue weighted by molar-refractivity contribution is 7.07. The second-order valence-corrected chi connectivity index (χ2v) is 11.8. The molecule has 0 unspecified atom stereocenters. The van der Waals surface area contributed by atoms with Crippen LogP contribution in [0.15, 0.2) is 81.7 Å². The van der Waals surface area contributed by atoms with Gasteiger partial charge in [0.05, 0.1) is 39.4 Å². The molecule has 0 spiro atoms.